The first-order chi connectivity index (χ1) is 13.1. The van der Waals surface area contributed by atoms with Crippen LogP contribution in [0.4, 0.5) is 5.69 Å². The summed E-state index contributed by atoms with van der Waals surface area (Å²) in [6, 6.07) is 11.4. The van der Waals surface area contributed by atoms with Crippen LogP contribution in [0, 0.1) is 0 Å². The number of fused-ring (bicyclic) bond motifs is 1. The van der Waals surface area contributed by atoms with Crippen molar-refractivity contribution in [1.29, 1.82) is 0 Å². The minimum atomic E-state index is -0.108. The van der Waals surface area contributed by atoms with E-state index in [0.717, 1.165) is 36.4 Å². The maximum atomic E-state index is 12.5. The molecule has 1 unspecified atom stereocenters. The van der Waals surface area contributed by atoms with Gasteiger partial charge in [-0.1, -0.05) is 35.3 Å². The first-order valence-corrected chi connectivity index (χ1v) is 9.75. The minimum Gasteiger partial charge on any atom is -0.486 e. The van der Waals surface area contributed by atoms with Gasteiger partial charge in [0.2, 0.25) is 5.91 Å². The Balaban J connectivity index is 1.45. The van der Waals surface area contributed by atoms with Crippen LogP contribution in [0.25, 0.3) is 0 Å². The maximum absolute atomic E-state index is 12.5. The highest BCUT2D eigenvalue weighted by atomic mass is 35.5. The van der Waals surface area contributed by atoms with E-state index in [1.165, 1.54) is 0 Å². The number of amides is 1. The molecule has 1 N–H and O–H groups in total. The Kier molecular flexibility index (Phi) is 5.43. The SMILES string of the molecule is O=C(CN1CCCC1c1ccc2c(c1)OCCO2)Nc1cccc(Cl)c1Cl. The van der Waals surface area contributed by atoms with Crippen molar-refractivity contribution in [2.24, 2.45) is 0 Å². The highest BCUT2D eigenvalue weighted by Gasteiger charge is 2.29. The molecule has 0 radical (unpaired) electrons. The van der Waals surface area contributed by atoms with Gasteiger partial charge in [-0.15, -0.1) is 0 Å². The summed E-state index contributed by atoms with van der Waals surface area (Å²) in [4.78, 5) is 14.7. The number of ether oxygens (including phenoxy) is 2. The van der Waals surface area contributed by atoms with Crippen molar-refractivity contribution in [3.05, 3.63) is 52.0 Å². The second-order valence-corrected chi connectivity index (χ2v) is 7.47. The van der Waals surface area contributed by atoms with Gasteiger partial charge in [-0.3, -0.25) is 9.69 Å². The van der Waals surface area contributed by atoms with Crippen LogP contribution in [0.2, 0.25) is 10.0 Å². The lowest BCUT2D eigenvalue weighted by atomic mass is 10.0. The van der Waals surface area contributed by atoms with E-state index in [1.807, 2.05) is 12.1 Å². The third-order valence-electron chi connectivity index (χ3n) is 4.89. The lowest BCUT2D eigenvalue weighted by Crippen LogP contribution is -2.33. The fraction of sp³-hybridized carbons (Fsp3) is 0.350. The second-order valence-electron chi connectivity index (χ2n) is 6.68. The molecule has 4 rings (SSSR count). The van der Waals surface area contributed by atoms with Crippen molar-refractivity contribution in [3.63, 3.8) is 0 Å². The summed E-state index contributed by atoms with van der Waals surface area (Å²) < 4.78 is 11.3. The molecule has 2 aromatic carbocycles. The topological polar surface area (TPSA) is 50.8 Å². The molecule has 5 nitrogen and oxygen atoms in total. The molecule has 1 atom stereocenters. The van der Waals surface area contributed by atoms with Gasteiger partial charge in [-0.2, -0.15) is 0 Å². The Morgan fingerprint density at radius 3 is 2.81 bits per heavy atom. The van der Waals surface area contributed by atoms with Crippen molar-refractivity contribution in [2.75, 3.05) is 31.6 Å². The summed E-state index contributed by atoms with van der Waals surface area (Å²) >= 11 is 12.2. The summed E-state index contributed by atoms with van der Waals surface area (Å²) in [5.41, 5.74) is 1.68. The van der Waals surface area contributed by atoms with E-state index in [9.17, 15) is 4.79 Å². The molecule has 2 aliphatic heterocycles. The Labute approximate surface area is 168 Å². The zero-order valence-electron chi connectivity index (χ0n) is 14.7. The number of halogens is 2. The largest absolute Gasteiger partial charge is 0.486 e. The molecule has 0 spiro atoms. The number of carbonyl (C=O) groups excluding carboxylic acids is 1. The van der Waals surface area contributed by atoms with Crippen molar-refractivity contribution in [2.45, 2.75) is 18.9 Å². The summed E-state index contributed by atoms with van der Waals surface area (Å²) in [5, 5.41) is 3.64. The quantitative estimate of drug-likeness (QED) is 0.809. The lowest BCUT2D eigenvalue weighted by Gasteiger charge is -2.26. The van der Waals surface area contributed by atoms with E-state index in [1.54, 1.807) is 18.2 Å². The highest BCUT2D eigenvalue weighted by Crippen LogP contribution is 2.38. The third-order valence-corrected chi connectivity index (χ3v) is 5.71. The average molecular weight is 407 g/mol. The third kappa shape index (κ3) is 4.00. The van der Waals surface area contributed by atoms with E-state index in [2.05, 4.69) is 16.3 Å². The van der Waals surface area contributed by atoms with Gasteiger partial charge in [0.25, 0.3) is 0 Å². The minimum absolute atomic E-state index is 0.108. The van der Waals surface area contributed by atoms with Gasteiger partial charge >= 0.3 is 0 Å². The van der Waals surface area contributed by atoms with Gasteiger partial charge in [-0.25, -0.2) is 0 Å². The zero-order valence-corrected chi connectivity index (χ0v) is 16.2. The van der Waals surface area contributed by atoms with Crippen LogP contribution in [0.3, 0.4) is 0 Å². The second kappa shape index (κ2) is 7.97. The Bertz CT molecular complexity index is 859. The van der Waals surface area contributed by atoms with Gasteiger partial charge in [0.1, 0.15) is 13.2 Å². The van der Waals surface area contributed by atoms with E-state index < -0.39 is 0 Å². The molecule has 1 amide bonds. The van der Waals surface area contributed by atoms with E-state index >= 15 is 0 Å². The normalized spacial score (nSPS) is 19.1. The molecule has 7 heteroatoms. The molecule has 142 valence electrons. The summed E-state index contributed by atoms with van der Waals surface area (Å²) in [5.74, 6) is 1.45. The fourth-order valence-electron chi connectivity index (χ4n) is 3.63. The molecule has 1 fully saturated rings. The fourth-order valence-corrected chi connectivity index (χ4v) is 3.98. The Morgan fingerprint density at radius 2 is 1.96 bits per heavy atom. The average Bonchev–Trinajstić information content (AvgIpc) is 3.13. The summed E-state index contributed by atoms with van der Waals surface area (Å²) in [7, 11) is 0. The van der Waals surface area contributed by atoms with Gasteiger partial charge in [-0.05, 0) is 49.2 Å². The molecule has 0 bridgehead atoms. The van der Waals surface area contributed by atoms with Crippen LogP contribution in [0.5, 0.6) is 11.5 Å². The molecule has 27 heavy (non-hydrogen) atoms. The Morgan fingerprint density at radius 1 is 1.15 bits per heavy atom. The summed E-state index contributed by atoms with van der Waals surface area (Å²) in [6.45, 7) is 2.31. The number of nitrogens with zero attached hydrogens (tertiary/aromatic N) is 1. The smallest absolute Gasteiger partial charge is 0.238 e. The monoisotopic (exact) mass is 406 g/mol. The van der Waals surface area contributed by atoms with Gasteiger partial charge in [0.05, 0.1) is 22.3 Å². The van der Waals surface area contributed by atoms with Gasteiger partial charge < -0.3 is 14.8 Å². The van der Waals surface area contributed by atoms with Gasteiger partial charge in [0, 0.05) is 6.04 Å². The number of anilines is 1. The van der Waals surface area contributed by atoms with Crippen LogP contribution in [0.15, 0.2) is 36.4 Å². The molecular weight excluding hydrogens is 387 g/mol. The zero-order chi connectivity index (χ0) is 18.8. The van der Waals surface area contributed by atoms with Crippen LogP contribution in [-0.4, -0.2) is 37.1 Å². The van der Waals surface area contributed by atoms with E-state index in [0.29, 0.717) is 35.5 Å². The molecule has 0 saturated carbocycles. The number of carbonyl (C=O) groups is 1. The number of likely N-dealkylation sites (tertiary alicyclic amines) is 1. The molecule has 0 aliphatic carbocycles. The maximum Gasteiger partial charge on any atom is 0.238 e. The van der Waals surface area contributed by atoms with Crippen molar-refractivity contribution >= 4 is 34.8 Å². The van der Waals surface area contributed by atoms with Crippen LogP contribution in [0.1, 0.15) is 24.4 Å². The molecule has 2 aliphatic rings. The molecule has 0 aromatic heterocycles. The van der Waals surface area contributed by atoms with Crippen LogP contribution >= 0.6 is 23.2 Å². The molecule has 1 saturated heterocycles. The molecule has 2 heterocycles. The number of nitrogens with one attached hydrogen (secondary N) is 1. The highest BCUT2D eigenvalue weighted by molar-refractivity contribution is 6.44. The predicted molar refractivity (Wildman–Crippen MR) is 106 cm³/mol. The van der Waals surface area contributed by atoms with Crippen molar-refractivity contribution in [1.82, 2.24) is 4.90 Å². The number of hydrogen-bond acceptors (Lipinski definition) is 4. The first kappa shape index (κ1) is 18.4. The first-order valence-electron chi connectivity index (χ1n) is 8.99. The lowest BCUT2D eigenvalue weighted by molar-refractivity contribution is -0.117. The van der Waals surface area contributed by atoms with Crippen LogP contribution in [-0.2, 0) is 4.79 Å². The number of hydrogen-bond donors (Lipinski definition) is 1. The standard InChI is InChI=1S/C20H20Cl2N2O3/c21-14-3-1-4-15(20(14)22)23-19(25)12-24-8-2-5-16(24)13-6-7-17-18(11-13)27-10-9-26-17/h1,3-4,6-7,11,16H,2,5,8-10,12H2,(H,23,25). The van der Waals surface area contributed by atoms with Crippen molar-refractivity contribution < 1.29 is 14.3 Å². The predicted octanol–water partition coefficient (Wildman–Crippen LogP) is 4.54. The number of rotatable bonds is 4. The van der Waals surface area contributed by atoms with Gasteiger partial charge in [0.15, 0.2) is 11.5 Å². The summed E-state index contributed by atoms with van der Waals surface area (Å²) in [6.07, 6.45) is 2.05. The van der Waals surface area contributed by atoms with E-state index in [4.69, 9.17) is 32.7 Å². The van der Waals surface area contributed by atoms with E-state index in [-0.39, 0.29) is 11.9 Å². The van der Waals surface area contributed by atoms with Crippen LogP contribution < -0.4 is 14.8 Å². The molecular formula is C20H20Cl2N2O3. The molecule has 2 aromatic rings. The Hall–Kier alpha value is -1.95. The number of benzene rings is 2. The van der Waals surface area contributed by atoms with Crippen molar-refractivity contribution in [3.8, 4) is 11.5 Å².